The zero-order valence-electron chi connectivity index (χ0n) is 29.9. The van der Waals surface area contributed by atoms with Crippen molar-refractivity contribution in [3.63, 3.8) is 0 Å². The van der Waals surface area contributed by atoms with E-state index in [1.54, 1.807) is 32.1 Å². The first-order valence-corrected chi connectivity index (χ1v) is 16.5. The van der Waals surface area contributed by atoms with Gasteiger partial charge in [0.25, 0.3) is 0 Å². The van der Waals surface area contributed by atoms with E-state index in [0.29, 0.717) is 0 Å². The van der Waals surface area contributed by atoms with Crippen LogP contribution < -0.4 is 0 Å². The van der Waals surface area contributed by atoms with E-state index < -0.39 is 17.4 Å². The summed E-state index contributed by atoms with van der Waals surface area (Å²) in [6.07, 6.45) is -3.01. The van der Waals surface area contributed by atoms with Crippen molar-refractivity contribution in [1.29, 1.82) is 0 Å². The van der Waals surface area contributed by atoms with Gasteiger partial charge in [0.2, 0.25) is 0 Å². The van der Waals surface area contributed by atoms with Crippen molar-refractivity contribution in [3.05, 3.63) is 67.9 Å². The Morgan fingerprint density at radius 1 is 0.667 bits per heavy atom. The van der Waals surface area contributed by atoms with E-state index in [2.05, 4.69) is 128 Å². The van der Waals surface area contributed by atoms with Crippen LogP contribution >= 0.6 is 27.3 Å². The molecule has 0 bridgehead atoms. The number of aromatic nitrogens is 7. The largest absolute Gasteiger partial charge is 0.435 e. The highest BCUT2D eigenvalue weighted by Gasteiger charge is 2.34. The Bertz CT molecular complexity index is 1400. The minimum atomic E-state index is -4.35. The Balaban J connectivity index is 0.000000301. The molecule has 0 aliphatic carbocycles. The van der Waals surface area contributed by atoms with Crippen molar-refractivity contribution in [2.75, 3.05) is 0 Å². The first kappa shape index (κ1) is 40.6. The van der Waals surface area contributed by atoms with Crippen LogP contribution in [-0.4, -0.2) is 34.3 Å². The first-order valence-electron chi connectivity index (χ1n) is 14.9. The monoisotopic (exact) mass is 715 g/mol. The highest BCUT2D eigenvalue weighted by atomic mass is 79.9. The molecule has 45 heavy (non-hydrogen) atoms. The molecule has 4 heterocycles. The molecule has 0 N–H and O–H groups in total. The van der Waals surface area contributed by atoms with Crippen molar-refractivity contribution in [3.8, 4) is 0 Å². The fourth-order valence-electron chi connectivity index (χ4n) is 3.97. The van der Waals surface area contributed by atoms with Crippen LogP contribution in [0, 0.1) is 27.7 Å². The number of alkyl halides is 3. The number of halogens is 4. The van der Waals surface area contributed by atoms with Crippen molar-refractivity contribution in [2.24, 2.45) is 0 Å². The number of nitrogens with zero attached hydrogens (tertiary/aromatic N) is 7. The summed E-state index contributed by atoms with van der Waals surface area (Å²) in [6, 6.07) is 5.10. The lowest BCUT2D eigenvalue weighted by Crippen LogP contribution is -2.24. The van der Waals surface area contributed by atoms with Gasteiger partial charge in [-0.1, -0.05) is 20.8 Å². The zero-order valence-corrected chi connectivity index (χ0v) is 32.3. The molecule has 0 radical (unpaired) electrons. The van der Waals surface area contributed by atoms with Crippen molar-refractivity contribution in [2.45, 2.75) is 139 Å². The second-order valence-electron chi connectivity index (χ2n) is 15.1. The Morgan fingerprint density at radius 2 is 1.16 bits per heavy atom. The molecule has 0 amide bonds. The molecule has 0 atom stereocenters. The lowest BCUT2D eigenvalue weighted by molar-refractivity contribution is -0.141. The van der Waals surface area contributed by atoms with Crippen LogP contribution in [0.5, 0.6) is 0 Å². The number of hydrogen-bond donors (Lipinski definition) is 0. The maximum absolute atomic E-state index is 12.1. The average molecular weight is 717 g/mol. The van der Waals surface area contributed by atoms with Gasteiger partial charge in [0.15, 0.2) is 5.69 Å². The third-order valence-electron chi connectivity index (χ3n) is 5.97. The van der Waals surface area contributed by atoms with Gasteiger partial charge in [0.05, 0.1) is 27.3 Å². The summed E-state index contributed by atoms with van der Waals surface area (Å²) in [5.41, 5.74) is 3.80. The topological polar surface area (TPSA) is 66.3 Å². The average Bonchev–Trinajstić information content (AvgIpc) is 3.60. The van der Waals surface area contributed by atoms with Gasteiger partial charge in [-0.15, -0.1) is 11.3 Å². The Labute approximate surface area is 280 Å². The van der Waals surface area contributed by atoms with Crippen LogP contribution in [0.25, 0.3) is 0 Å². The van der Waals surface area contributed by atoms with E-state index in [1.807, 2.05) is 24.6 Å². The Kier molecular flexibility index (Phi) is 13.5. The number of rotatable bonds is 0. The number of thiazole rings is 1. The molecule has 0 saturated heterocycles. The fourth-order valence-corrected chi connectivity index (χ4v) is 5.35. The van der Waals surface area contributed by atoms with Gasteiger partial charge in [-0.25, -0.2) is 4.98 Å². The molecule has 0 saturated carbocycles. The molecular formula is C33H53BrF3N7S. The summed E-state index contributed by atoms with van der Waals surface area (Å²) in [4.78, 5) is 4.40. The second kappa shape index (κ2) is 15.0. The van der Waals surface area contributed by atoms with E-state index >= 15 is 0 Å². The molecule has 254 valence electrons. The Hall–Kier alpha value is -2.47. The number of aryl methyl sites for hydroxylation is 4. The highest BCUT2D eigenvalue weighted by Crippen LogP contribution is 2.28. The van der Waals surface area contributed by atoms with E-state index in [4.69, 9.17) is 0 Å². The van der Waals surface area contributed by atoms with Crippen LogP contribution in [0.4, 0.5) is 13.2 Å². The molecular weight excluding hydrogens is 663 g/mol. The summed E-state index contributed by atoms with van der Waals surface area (Å²) in [5.74, 6) is 0. The highest BCUT2D eigenvalue weighted by molar-refractivity contribution is 9.10. The molecule has 0 aliphatic heterocycles. The van der Waals surface area contributed by atoms with Gasteiger partial charge < -0.3 is 0 Å². The van der Waals surface area contributed by atoms with E-state index in [9.17, 15) is 13.2 Å². The maximum atomic E-state index is 12.1. The lowest BCUT2D eigenvalue weighted by Gasteiger charge is -2.21. The molecule has 0 aliphatic rings. The molecule has 0 fully saturated rings. The fraction of sp³-hybridized carbons (Fsp3) is 0.636. The predicted molar refractivity (Wildman–Crippen MR) is 184 cm³/mol. The third kappa shape index (κ3) is 13.4. The van der Waals surface area contributed by atoms with E-state index in [-0.39, 0.29) is 16.5 Å². The van der Waals surface area contributed by atoms with Gasteiger partial charge in [-0.2, -0.15) is 28.5 Å². The molecule has 12 heteroatoms. The maximum Gasteiger partial charge on any atom is 0.435 e. The van der Waals surface area contributed by atoms with Crippen molar-refractivity contribution < 1.29 is 13.2 Å². The Morgan fingerprint density at radius 3 is 1.36 bits per heavy atom. The van der Waals surface area contributed by atoms with Crippen LogP contribution in [0.15, 0.2) is 34.4 Å². The smallest absolute Gasteiger partial charge is 0.267 e. The van der Waals surface area contributed by atoms with Crippen LogP contribution in [0.3, 0.4) is 0 Å². The van der Waals surface area contributed by atoms with E-state index in [1.165, 1.54) is 27.3 Å². The summed E-state index contributed by atoms with van der Waals surface area (Å²) < 4.78 is 42.6. The van der Waals surface area contributed by atoms with Crippen LogP contribution in [-0.2, 0) is 28.2 Å². The normalized spacial score (nSPS) is 12.4. The van der Waals surface area contributed by atoms with Gasteiger partial charge in [-0.05, 0) is 124 Å². The summed E-state index contributed by atoms with van der Waals surface area (Å²) in [6.45, 7) is 33.0. The molecule has 0 unspecified atom stereocenters. The molecule has 4 aromatic heterocycles. The second-order valence-corrected chi connectivity index (χ2v) is 16.7. The molecule has 7 nitrogen and oxygen atoms in total. The summed E-state index contributed by atoms with van der Waals surface area (Å²) in [5, 5.41) is 15.5. The first-order chi connectivity index (χ1) is 20.0. The predicted octanol–water partition coefficient (Wildman–Crippen LogP) is 10.4. The van der Waals surface area contributed by atoms with Crippen molar-refractivity contribution >= 4 is 27.3 Å². The van der Waals surface area contributed by atoms with Gasteiger partial charge >= 0.3 is 6.18 Å². The SMILES string of the molecule is CC(C)(C)n1ccc(C(F)(F)F)n1.Cc1cc(Br)nn1C(C)(C)C.Cc1cc(C)n(C(C)(C)C)n1.Cc1csc(C(C)(C)C)n1. The third-order valence-corrected chi connectivity index (χ3v) is 7.74. The molecule has 4 aromatic rings. The zero-order chi connectivity index (χ0) is 35.3. The molecule has 0 spiro atoms. The summed E-state index contributed by atoms with van der Waals surface area (Å²) in [7, 11) is 0. The van der Waals surface area contributed by atoms with Crippen molar-refractivity contribution in [1.82, 2.24) is 34.3 Å². The van der Waals surface area contributed by atoms with Crippen LogP contribution in [0.1, 0.15) is 117 Å². The standard InChI is InChI=1S/C9H16N2.C8H13BrN2.C8H11F3N2.C8H13NS/c1-7-6-8(2)11(10-7)9(3,4)5;1-6-5-7(9)10-11(6)8(2,3)4;1-7(2,3)13-5-4-6(12-13)8(9,10)11;1-6-5-10-7(9-6)8(2,3)4/h6H,1-5H3;5H,1-4H3;4-5H,1-3H3;5H,1-4H3. The number of hydrogen-bond acceptors (Lipinski definition) is 5. The van der Waals surface area contributed by atoms with E-state index in [0.717, 1.165) is 22.1 Å². The minimum Gasteiger partial charge on any atom is -0.267 e. The molecule has 0 aromatic carbocycles. The van der Waals surface area contributed by atoms with Gasteiger partial charge in [-0.3, -0.25) is 14.0 Å². The summed E-state index contributed by atoms with van der Waals surface area (Å²) >= 11 is 5.09. The van der Waals surface area contributed by atoms with Crippen LogP contribution in [0.2, 0.25) is 0 Å². The van der Waals surface area contributed by atoms with Gasteiger partial charge in [0, 0.05) is 34.1 Å². The van der Waals surface area contributed by atoms with Gasteiger partial charge in [0.1, 0.15) is 4.60 Å². The quantitative estimate of drug-likeness (QED) is 0.182. The minimum absolute atomic E-state index is 0.0795. The molecule has 4 rings (SSSR count). The lowest BCUT2D eigenvalue weighted by atomic mass is 9.98.